The summed E-state index contributed by atoms with van der Waals surface area (Å²) >= 11 is 0. The highest BCUT2D eigenvalue weighted by molar-refractivity contribution is 7.92. The third-order valence-corrected chi connectivity index (χ3v) is 10.0. The molecule has 0 unspecified atom stereocenters. The number of anilines is 2. The van der Waals surface area contributed by atoms with Crippen LogP contribution in [-0.2, 0) is 14.8 Å². The van der Waals surface area contributed by atoms with Gasteiger partial charge in [-0.3, -0.25) is 0 Å². The van der Waals surface area contributed by atoms with Gasteiger partial charge in [0.05, 0.1) is 10.6 Å². The third kappa shape index (κ3) is 6.56. The van der Waals surface area contributed by atoms with Gasteiger partial charge in [0.1, 0.15) is 11.4 Å². The molecule has 0 radical (unpaired) electrons. The van der Waals surface area contributed by atoms with Crippen molar-refractivity contribution in [1.29, 1.82) is 0 Å². The standard InChI is InChI=1S/C32H41N5O5S/c1-30(2,3)42-29(38)37-19-17-36(18-20-37)22-13-15-23(16-14-22)41-26-21-25(27-31(4,5)32(27,6)7)33-28(34-26)35-43(39,40)24-11-9-8-10-12-24/h8-16,21,27H,17-20H2,1-7H3,(H,33,34,35). The Hall–Kier alpha value is -3.86. The van der Waals surface area contributed by atoms with Crippen molar-refractivity contribution in [3.63, 3.8) is 0 Å². The lowest BCUT2D eigenvalue weighted by Gasteiger charge is -2.36. The van der Waals surface area contributed by atoms with Gasteiger partial charge in [-0.05, 0) is 68.0 Å². The van der Waals surface area contributed by atoms with E-state index in [2.05, 4.69) is 47.3 Å². The van der Waals surface area contributed by atoms with Crippen LogP contribution < -0.4 is 14.4 Å². The molecule has 1 amide bonds. The van der Waals surface area contributed by atoms with E-state index in [0.29, 0.717) is 31.9 Å². The van der Waals surface area contributed by atoms with E-state index in [1.165, 1.54) is 12.1 Å². The number of aromatic nitrogens is 2. The van der Waals surface area contributed by atoms with Gasteiger partial charge in [-0.1, -0.05) is 45.9 Å². The summed E-state index contributed by atoms with van der Waals surface area (Å²) in [4.78, 5) is 25.5. The van der Waals surface area contributed by atoms with Gasteiger partial charge in [0.2, 0.25) is 11.8 Å². The molecule has 1 aliphatic heterocycles. The zero-order valence-electron chi connectivity index (χ0n) is 25.9. The summed E-state index contributed by atoms with van der Waals surface area (Å²) in [6, 6.07) is 17.6. The van der Waals surface area contributed by atoms with Crippen molar-refractivity contribution in [1.82, 2.24) is 14.9 Å². The molecule has 2 aromatic carbocycles. The number of carbonyl (C=O) groups excluding carboxylic acids is 1. The van der Waals surface area contributed by atoms with Gasteiger partial charge in [-0.15, -0.1) is 0 Å². The quantitative estimate of drug-likeness (QED) is 0.334. The molecule has 0 spiro atoms. The average molecular weight is 608 g/mol. The van der Waals surface area contributed by atoms with E-state index in [1.807, 2.05) is 45.0 Å². The van der Waals surface area contributed by atoms with Gasteiger partial charge in [0.15, 0.2) is 0 Å². The molecule has 1 saturated heterocycles. The molecule has 0 bridgehead atoms. The van der Waals surface area contributed by atoms with Crippen molar-refractivity contribution >= 4 is 27.8 Å². The van der Waals surface area contributed by atoms with Crippen LogP contribution in [-0.4, -0.2) is 61.2 Å². The van der Waals surface area contributed by atoms with Gasteiger partial charge in [-0.25, -0.2) is 22.9 Å². The highest BCUT2D eigenvalue weighted by Crippen LogP contribution is 2.73. The Morgan fingerprint density at radius 2 is 1.51 bits per heavy atom. The molecule has 1 N–H and O–H groups in total. The summed E-state index contributed by atoms with van der Waals surface area (Å²) in [6.07, 6.45) is -0.288. The van der Waals surface area contributed by atoms with Crippen molar-refractivity contribution in [2.45, 2.75) is 64.9 Å². The number of nitrogens with zero attached hydrogens (tertiary/aromatic N) is 4. The molecule has 1 aromatic heterocycles. The fourth-order valence-corrected chi connectivity index (χ4v) is 6.69. The number of benzene rings is 2. The molecule has 1 aliphatic carbocycles. The molecular formula is C32H41N5O5S. The Morgan fingerprint density at radius 3 is 2.07 bits per heavy atom. The minimum Gasteiger partial charge on any atom is -0.444 e. The monoisotopic (exact) mass is 607 g/mol. The first-order valence-corrected chi connectivity index (χ1v) is 16.0. The lowest BCUT2D eigenvalue weighted by molar-refractivity contribution is 0.0240. The Bertz CT molecular complexity index is 1560. The minimum absolute atomic E-state index is 0.0245. The predicted molar refractivity (Wildman–Crippen MR) is 166 cm³/mol. The number of amides is 1. The highest BCUT2D eigenvalue weighted by Gasteiger charge is 2.66. The first-order chi connectivity index (χ1) is 20.1. The second-order valence-corrected chi connectivity index (χ2v) is 15.0. The molecule has 2 fully saturated rings. The van der Waals surface area contributed by atoms with E-state index in [0.717, 1.165) is 11.4 Å². The van der Waals surface area contributed by atoms with E-state index in [4.69, 9.17) is 9.47 Å². The van der Waals surface area contributed by atoms with E-state index in [9.17, 15) is 13.2 Å². The normalized spacial score (nSPS) is 18.2. The molecule has 10 nitrogen and oxygen atoms in total. The van der Waals surface area contributed by atoms with Crippen LogP contribution in [0.2, 0.25) is 0 Å². The van der Waals surface area contributed by atoms with Gasteiger partial charge < -0.3 is 19.3 Å². The van der Waals surface area contributed by atoms with Crippen molar-refractivity contribution in [2.75, 3.05) is 35.8 Å². The fourth-order valence-electron chi connectivity index (χ4n) is 5.72. The molecule has 5 rings (SSSR count). The van der Waals surface area contributed by atoms with Crippen LogP contribution in [0.3, 0.4) is 0 Å². The maximum Gasteiger partial charge on any atom is 0.410 e. The second-order valence-electron chi connectivity index (χ2n) is 13.3. The molecule has 2 heterocycles. The van der Waals surface area contributed by atoms with E-state index in [-0.39, 0.29) is 39.6 Å². The smallest absolute Gasteiger partial charge is 0.410 e. The van der Waals surface area contributed by atoms with Crippen LogP contribution in [0.25, 0.3) is 0 Å². The topological polar surface area (TPSA) is 114 Å². The van der Waals surface area contributed by atoms with Gasteiger partial charge >= 0.3 is 6.09 Å². The Balaban J connectivity index is 1.32. The molecule has 3 aromatic rings. The second kappa shape index (κ2) is 11.0. The van der Waals surface area contributed by atoms with E-state index >= 15 is 0 Å². The predicted octanol–water partition coefficient (Wildman–Crippen LogP) is 6.28. The lowest BCUT2D eigenvalue weighted by Crippen LogP contribution is -2.50. The number of rotatable bonds is 7. The van der Waals surface area contributed by atoms with Crippen LogP contribution in [0.15, 0.2) is 65.6 Å². The van der Waals surface area contributed by atoms with Crippen molar-refractivity contribution in [2.24, 2.45) is 10.8 Å². The summed E-state index contributed by atoms with van der Waals surface area (Å²) < 4.78 is 40.3. The Kier molecular flexibility index (Phi) is 7.83. The van der Waals surface area contributed by atoms with E-state index < -0.39 is 15.6 Å². The largest absolute Gasteiger partial charge is 0.444 e. The number of hydrogen-bond donors (Lipinski definition) is 1. The molecule has 1 saturated carbocycles. The SMILES string of the molecule is CC(C)(C)OC(=O)N1CCN(c2ccc(Oc3cc(C4C(C)(C)C4(C)C)nc(NS(=O)(=O)c4ccccc4)n3)cc2)CC1. The van der Waals surface area contributed by atoms with Crippen LogP contribution in [0, 0.1) is 10.8 Å². The maximum absolute atomic E-state index is 13.1. The van der Waals surface area contributed by atoms with Crippen molar-refractivity contribution in [3.8, 4) is 11.6 Å². The number of carbonyl (C=O) groups is 1. The van der Waals surface area contributed by atoms with Gasteiger partial charge in [0, 0.05) is 43.9 Å². The summed E-state index contributed by atoms with van der Waals surface area (Å²) in [5.74, 6) is 0.890. The number of nitrogens with one attached hydrogen (secondary N) is 1. The average Bonchev–Trinajstić information content (AvgIpc) is 3.35. The summed E-state index contributed by atoms with van der Waals surface area (Å²) in [7, 11) is -3.89. The van der Waals surface area contributed by atoms with Crippen LogP contribution >= 0.6 is 0 Å². The summed E-state index contributed by atoms with van der Waals surface area (Å²) in [5, 5.41) is 0. The van der Waals surface area contributed by atoms with Crippen molar-refractivity contribution in [3.05, 3.63) is 66.4 Å². The number of hydrogen-bond acceptors (Lipinski definition) is 8. The zero-order chi connectivity index (χ0) is 31.2. The van der Waals surface area contributed by atoms with E-state index in [1.54, 1.807) is 29.2 Å². The van der Waals surface area contributed by atoms with Gasteiger partial charge in [-0.2, -0.15) is 4.98 Å². The first kappa shape index (κ1) is 30.6. The fraction of sp³-hybridized carbons (Fsp3) is 0.469. The molecule has 230 valence electrons. The molecule has 2 aliphatic rings. The van der Waals surface area contributed by atoms with Gasteiger partial charge in [0.25, 0.3) is 10.0 Å². The minimum atomic E-state index is -3.89. The third-order valence-electron chi connectivity index (χ3n) is 8.67. The molecule has 11 heteroatoms. The van der Waals surface area contributed by atoms with Crippen molar-refractivity contribution < 1.29 is 22.7 Å². The summed E-state index contributed by atoms with van der Waals surface area (Å²) in [6.45, 7) is 16.8. The zero-order valence-corrected chi connectivity index (χ0v) is 26.7. The molecule has 0 atom stereocenters. The maximum atomic E-state index is 13.1. The Labute approximate surface area is 254 Å². The molecular weight excluding hydrogens is 566 g/mol. The number of piperazine rings is 1. The number of sulfonamides is 1. The van der Waals surface area contributed by atoms with Crippen LogP contribution in [0.5, 0.6) is 11.6 Å². The summed E-state index contributed by atoms with van der Waals surface area (Å²) in [5.41, 5.74) is 1.17. The number of ether oxygens (including phenoxy) is 2. The highest BCUT2D eigenvalue weighted by atomic mass is 32.2. The first-order valence-electron chi connectivity index (χ1n) is 14.5. The lowest BCUT2D eigenvalue weighted by atomic mass is 10.0. The molecule has 43 heavy (non-hydrogen) atoms. The Morgan fingerprint density at radius 1 is 0.907 bits per heavy atom. The van der Waals surface area contributed by atoms with Crippen LogP contribution in [0.4, 0.5) is 16.4 Å². The van der Waals surface area contributed by atoms with Crippen LogP contribution in [0.1, 0.15) is 60.1 Å².